The Morgan fingerprint density at radius 1 is 1.42 bits per heavy atom. The van der Waals surface area contributed by atoms with E-state index in [-0.39, 0.29) is 17.8 Å². The maximum atomic E-state index is 12.5. The fourth-order valence-electron chi connectivity index (χ4n) is 2.77. The summed E-state index contributed by atoms with van der Waals surface area (Å²) in [6.07, 6.45) is 3.47. The van der Waals surface area contributed by atoms with Gasteiger partial charge in [-0.15, -0.1) is 0 Å². The van der Waals surface area contributed by atoms with Gasteiger partial charge < -0.3 is 4.74 Å². The molecule has 0 saturated carbocycles. The second kappa shape index (κ2) is 5.10. The van der Waals surface area contributed by atoms with Crippen LogP contribution in [0.25, 0.3) is 10.9 Å². The first-order chi connectivity index (χ1) is 9.29. The first-order valence-corrected chi connectivity index (χ1v) is 6.80. The molecule has 0 amide bonds. The summed E-state index contributed by atoms with van der Waals surface area (Å²) in [7, 11) is 0. The van der Waals surface area contributed by atoms with Crippen LogP contribution >= 0.6 is 0 Å². The minimum Gasteiger partial charge on any atom is -0.377 e. The third-order valence-corrected chi connectivity index (χ3v) is 3.82. The number of Topliss-reactive ketones (excluding diaryl/α,β-unsaturated/α-hetero) is 1. The molecule has 0 N–H and O–H groups in total. The maximum absolute atomic E-state index is 12.5. The van der Waals surface area contributed by atoms with E-state index in [0.717, 1.165) is 23.7 Å². The topological polar surface area (TPSA) is 39.2 Å². The normalized spacial score (nSPS) is 22.8. The average Bonchev–Trinajstić information content (AvgIpc) is 2.94. The molecular formula is C16H17NO2. The zero-order chi connectivity index (χ0) is 13.2. The molecule has 3 heteroatoms. The van der Waals surface area contributed by atoms with Gasteiger partial charge in [0.25, 0.3) is 0 Å². The van der Waals surface area contributed by atoms with Gasteiger partial charge in [0.15, 0.2) is 5.78 Å². The Balaban J connectivity index is 1.93. The molecule has 2 unspecified atom stereocenters. The van der Waals surface area contributed by atoms with Crippen LogP contribution in [0, 0.1) is 5.92 Å². The highest BCUT2D eigenvalue weighted by molar-refractivity contribution is 6.00. The fraction of sp³-hybridized carbons (Fsp3) is 0.375. The third kappa shape index (κ3) is 2.26. The summed E-state index contributed by atoms with van der Waals surface area (Å²) >= 11 is 0. The number of ketones is 1. The number of rotatable bonds is 3. The van der Waals surface area contributed by atoms with Gasteiger partial charge >= 0.3 is 0 Å². The number of fused-ring (bicyclic) bond motifs is 1. The van der Waals surface area contributed by atoms with Gasteiger partial charge in [0, 0.05) is 23.8 Å². The number of pyridine rings is 1. The van der Waals surface area contributed by atoms with E-state index in [2.05, 4.69) is 11.9 Å². The number of ether oxygens (including phenoxy) is 1. The SMILES string of the molecule is CCC1OCCC1C(=O)c1cnc2ccccc2c1. The number of carbonyl (C=O) groups excluding carboxylic acids is 1. The van der Waals surface area contributed by atoms with E-state index >= 15 is 0 Å². The van der Waals surface area contributed by atoms with Crippen molar-refractivity contribution >= 4 is 16.7 Å². The molecule has 0 aliphatic carbocycles. The first-order valence-electron chi connectivity index (χ1n) is 6.80. The maximum Gasteiger partial charge on any atom is 0.170 e. The van der Waals surface area contributed by atoms with Crippen LogP contribution in [-0.2, 0) is 4.74 Å². The lowest BCUT2D eigenvalue weighted by molar-refractivity contribution is 0.0689. The molecule has 1 saturated heterocycles. The highest BCUT2D eigenvalue weighted by atomic mass is 16.5. The Morgan fingerprint density at radius 3 is 3.11 bits per heavy atom. The van der Waals surface area contributed by atoms with Gasteiger partial charge in [0.2, 0.25) is 0 Å². The Hall–Kier alpha value is -1.74. The number of aromatic nitrogens is 1. The van der Waals surface area contributed by atoms with Crippen LogP contribution < -0.4 is 0 Å². The van der Waals surface area contributed by atoms with Crippen molar-refractivity contribution in [3.8, 4) is 0 Å². The van der Waals surface area contributed by atoms with Crippen LogP contribution in [0.1, 0.15) is 30.1 Å². The molecule has 0 radical (unpaired) electrons. The van der Waals surface area contributed by atoms with Crippen LogP contribution in [0.15, 0.2) is 36.5 Å². The van der Waals surface area contributed by atoms with Crippen LogP contribution in [0.4, 0.5) is 0 Å². The molecule has 1 aliphatic heterocycles. The molecule has 19 heavy (non-hydrogen) atoms. The van der Waals surface area contributed by atoms with E-state index in [4.69, 9.17) is 4.74 Å². The van der Waals surface area contributed by atoms with Gasteiger partial charge in [-0.05, 0) is 25.0 Å². The fourth-order valence-corrected chi connectivity index (χ4v) is 2.77. The zero-order valence-electron chi connectivity index (χ0n) is 11.0. The number of carbonyl (C=O) groups is 1. The lowest BCUT2D eigenvalue weighted by atomic mass is 9.91. The summed E-state index contributed by atoms with van der Waals surface area (Å²) < 4.78 is 5.60. The molecule has 1 fully saturated rings. The summed E-state index contributed by atoms with van der Waals surface area (Å²) in [5.41, 5.74) is 1.63. The smallest absolute Gasteiger partial charge is 0.170 e. The van der Waals surface area contributed by atoms with Gasteiger partial charge in [-0.3, -0.25) is 9.78 Å². The summed E-state index contributed by atoms with van der Waals surface area (Å²) in [6.45, 7) is 2.75. The van der Waals surface area contributed by atoms with E-state index in [1.807, 2.05) is 30.3 Å². The molecule has 1 aromatic carbocycles. The second-order valence-electron chi connectivity index (χ2n) is 4.99. The van der Waals surface area contributed by atoms with Crippen molar-refractivity contribution in [1.82, 2.24) is 4.98 Å². The van der Waals surface area contributed by atoms with Gasteiger partial charge in [0.05, 0.1) is 17.5 Å². The Morgan fingerprint density at radius 2 is 2.26 bits per heavy atom. The zero-order valence-corrected chi connectivity index (χ0v) is 11.0. The van der Waals surface area contributed by atoms with Crippen LogP contribution in [-0.4, -0.2) is 23.5 Å². The van der Waals surface area contributed by atoms with Gasteiger partial charge in [0.1, 0.15) is 0 Å². The standard InChI is InChI=1S/C16H17NO2/c1-2-15-13(7-8-19-15)16(18)12-9-11-5-3-4-6-14(11)17-10-12/h3-6,9-10,13,15H,2,7-8H2,1H3. The molecule has 1 aliphatic rings. The van der Waals surface area contributed by atoms with E-state index in [1.165, 1.54) is 0 Å². The van der Waals surface area contributed by atoms with E-state index in [1.54, 1.807) is 6.20 Å². The number of nitrogens with zero attached hydrogens (tertiary/aromatic N) is 1. The molecule has 0 bridgehead atoms. The average molecular weight is 255 g/mol. The molecule has 2 heterocycles. The van der Waals surface area contributed by atoms with Crippen molar-refractivity contribution in [3.63, 3.8) is 0 Å². The van der Waals surface area contributed by atoms with Crippen molar-refractivity contribution in [2.24, 2.45) is 5.92 Å². The van der Waals surface area contributed by atoms with Crippen LogP contribution in [0.3, 0.4) is 0 Å². The molecule has 98 valence electrons. The highest BCUT2D eigenvalue weighted by Gasteiger charge is 2.33. The minimum atomic E-state index is -0.00652. The lowest BCUT2D eigenvalue weighted by Gasteiger charge is -2.15. The van der Waals surface area contributed by atoms with Gasteiger partial charge in [-0.2, -0.15) is 0 Å². The number of hydrogen-bond acceptors (Lipinski definition) is 3. The van der Waals surface area contributed by atoms with Gasteiger partial charge in [-0.1, -0.05) is 25.1 Å². The van der Waals surface area contributed by atoms with Crippen molar-refractivity contribution in [2.45, 2.75) is 25.9 Å². The number of benzene rings is 1. The van der Waals surface area contributed by atoms with Crippen molar-refractivity contribution < 1.29 is 9.53 Å². The molecule has 3 nitrogen and oxygen atoms in total. The molecule has 2 atom stereocenters. The monoisotopic (exact) mass is 255 g/mol. The summed E-state index contributed by atoms with van der Waals surface area (Å²) in [6, 6.07) is 9.80. The Kier molecular flexibility index (Phi) is 3.30. The van der Waals surface area contributed by atoms with E-state index in [0.29, 0.717) is 12.2 Å². The molecule has 0 spiro atoms. The lowest BCUT2D eigenvalue weighted by Crippen LogP contribution is -2.23. The predicted molar refractivity (Wildman–Crippen MR) is 74.2 cm³/mol. The number of para-hydroxylation sites is 1. The Labute approximate surface area is 112 Å². The molecule has 1 aromatic heterocycles. The van der Waals surface area contributed by atoms with Crippen molar-refractivity contribution in [3.05, 3.63) is 42.1 Å². The van der Waals surface area contributed by atoms with Crippen LogP contribution in [0.5, 0.6) is 0 Å². The van der Waals surface area contributed by atoms with Crippen LogP contribution in [0.2, 0.25) is 0 Å². The summed E-state index contributed by atoms with van der Waals surface area (Å²) in [5, 5.41) is 1.01. The first kappa shape index (κ1) is 12.3. The quantitative estimate of drug-likeness (QED) is 0.790. The number of hydrogen-bond donors (Lipinski definition) is 0. The molecule has 2 aromatic rings. The molecular weight excluding hydrogens is 238 g/mol. The van der Waals surface area contributed by atoms with Gasteiger partial charge in [-0.25, -0.2) is 0 Å². The molecule has 3 rings (SSSR count). The van der Waals surface area contributed by atoms with Crippen molar-refractivity contribution in [1.29, 1.82) is 0 Å². The second-order valence-corrected chi connectivity index (χ2v) is 4.99. The summed E-state index contributed by atoms with van der Waals surface area (Å²) in [4.78, 5) is 16.9. The minimum absolute atomic E-state index is 0.00652. The third-order valence-electron chi connectivity index (χ3n) is 3.82. The largest absolute Gasteiger partial charge is 0.377 e. The van der Waals surface area contributed by atoms with Crippen molar-refractivity contribution in [2.75, 3.05) is 6.61 Å². The van der Waals surface area contributed by atoms with E-state index < -0.39 is 0 Å². The summed E-state index contributed by atoms with van der Waals surface area (Å²) in [5.74, 6) is 0.163. The predicted octanol–water partition coefficient (Wildman–Crippen LogP) is 3.23. The highest BCUT2D eigenvalue weighted by Crippen LogP contribution is 2.27. The van der Waals surface area contributed by atoms with E-state index in [9.17, 15) is 4.79 Å². The Bertz CT molecular complexity index is 608.